The van der Waals surface area contributed by atoms with Crippen LogP contribution in [0, 0.1) is 5.82 Å². The Morgan fingerprint density at radius 3 is 2.48 bits per heavy atom. The summed E-state index contributed by atoms with van der Waals surface area (Å²) in [5.41, 5.74) is 2.16. The van der Waals surface area contributed by atoms with E-state index >= 15 is 0 Å². The summed E-state index contributed by atoms with van der Waals surface area (Å²) in [7, 11) is -1.88. The van der Waals surface area contributed by atoms with E-state index in [0.717, 1.165) is 47.6 Å². The predicted molar refractivity (Wildman–Crippen MR) is 126 cm³/mol. The molecule has 1 fully saturated rings. The van der Waals surface area contributed by atoms with Gasteiger partial charge in [-0.05, 0) is 55.6 Å². The first-order valence-corrected chi connectivity index (χ1v) is 12.0. The molecule has 5 rings (SSSR count). The third-order valence-corrected chi connectivity index (χ3v) is 7.40. The Balaban J connectivity index is 1.40. The molecule has 0 amide bonds. The van der Waals surface area contributed by atoms with Crippen molar-refractivity contribution in [2.24, 2.45) is 0 Å². The van der Waals surface area contributed by atoms with Crippen molar-refractivity contribution in [3.63, 3.8) is 0 Å². The molecule has 1 aliphatic rings. The number of rotatable bonds is 5. The Labute approximate surface area is 191 Å². The maximum Gasteiger partial charge on any atom is 0.269 e. The van der Waals surface area contributed by atoms with Crippen molar-refractivity contribution in [1.29, 1.82) is 0 Å². The van der Waals surface area contributed by atoms with Crippen molar-refractivity contribution in [2.75, 3.05) is 43.4 Å². The zero-order valence-electron chi connectivity index (χ0n) is 18.0. The van der Waals surface area contributed by atoms with Crippen LogP contribution in [0.5, 0.6) is 0 Å². The van der Waals surface area contributed by atoms with Gasteiger partial charge in [0.1, 0.15) is 5.82 Å². The van der Waals surface area contributed by atoms with Gasteiger partial charge in [-0.3, -0.25) is 0 Å². The Hall–Kier alpha value is -3.50. The van der Waals surface area contributed by atoms with E-state index < -0.39 is 15.8 Å². The molecule has 8 nitrogen and oxygen atoms in total. The van der Waals surface area contributed by atoms with Crippen LogP contribution in [0.15, 0.2) is 71.9 Å². The summed E-state index contributed by atoms with van der Waals surface area (Å²) in [5, 5.41) is 3.69. The number of nitrogens with one attached hydrogen (secondary N) is 1. The van der Waals surface area contributed by atoms with Crippen molar-refractivity contribution >= 4 is 38.4 Å². The van der Waals surface area contributed by atoms with Crippen molar-refractivity contribution in [3.8, 4) is 0 Å². The number of aromatic nitrogens is 3. The number of likely N-dealkylation sites (N-methyl/N-ethyl adjacent to an activating group) is 1. The van der Waals surface area contributed by atoms with Gasteiger partial charge in [0.2, 0.25) is 5.95 Å². The zero-order chi connectivity index (χ0) is 23.0. The molecule has 170 valence electrons. The van der Waals surface area contributed by atoms with Crippen LogP contribution < -0.4 is 10.2 Å². The first-order valence-electron chi connectivity index (χ1n) is 10.6. The van der Waals surface area contributed by atoms with Crippen LogP contribution in [-0.2, 0) is 10.0 Å². The van der Waals surface area contributed by atoms with E-state index in [-0.39, 0.29) is 16.5 Å². The van der Waals surface area contributed by atoms with Crippen molar-refractivity contribution in [3.05, 3.63) is 72.8 Å². The van der Waals surface area contributed by atoms with E-state index in [1.807, 2.05) is 24.3 Å². The molecule has 0 unspecified atom stereocenters. The number of nitrogens with zero attached hydrogens (tertiary/aromatic N) is 5. The van der Waals surface area contributed by atoms with Gasteiger partial charge in [0.25, 0.3) is 10.0 Å². The lowest BCUT2D eigenvalue weighted by atomic mass is 10.2. The standard InChI is InChI=1S/C23H23FN6O2S/c1-28-11-13-29(14-12-28)20-7-5-19(6-8-20)26-23-25-16-17-9-10-30(22(17)27-23)33(31,32)21-4-2-3-18(24)15-21/h2-10,15-16H,11-14H2,1H3,(H,25,26,27). The summed E-state index contributed by atoms with van der Waals surface area (Å²) >= 11 is 0. The molecule has 0 radical (unpaired) electrons. The Bertz CT molecular complexity index is 1400. The van der Waals surface area contributed by atoms with Gasteiger partial charge in [-0.1, -0.05) is 6.07 Å². The first-order chi connectivity index (χ1) is 15.9. The zero-order valence-corrected chi connectivity index (χ0v) is 18.8. The Morgan fingerprint density at radius 1 is 1.00 bits per heavy atom. The summed E-state index contributed by atoms with van der Waals surface area (Å²) in [6.45, 7) is 4.04. The molecule has 33 heavy (non-hydrogen) atoms. The summed E-state index contributed by atoms with van der Waals surface area (Å²) in [6.07, 6.45) is 2.95. The summed E-state index contributed by atoms with van der Waals surface area (Å²) in [5.74, 6) is -0.353. The van der Waals surface area contributed by atoms with Crippen LogP contribution in [-0.4, -0.2) is 60.5 Å². The molecular formula is C23H23FN6O2S. The Morgan fingerprint density at radius 2 is 1.76 bits per heavy atom. The van der Waals surface area contributed by atoms with Crippen LogP contribution in [0.25, 0.3) is 11.0 Å². The molecule has 4 aromatic rings. The number of hydrogen-bond donors (Lipinski definition) is 1. The summed E-state index contributed by atoms with van der Waals surface area (Å²) < 4.78 is 40.7. The molecule has 0 saturated carbocycles. The van der Waals surface area contributed by atoms with Gasteiger partial charge >= 0.3 is 0 Å². The van der Waals surface area contributed by atoms with E-state index in [0.29, 0.717) is 5.39 Å². The van der Waals surface area contributed by atoms with Gasteiger partial charge in [-0.25, -0.2) is 21.8 Å². The lowest BCUT2D eigenvalue weighted by molar-refractivity contribution is 0.313. The van der Waals surface area contributed by atoms with Crippen LogP contribution in [0.1, 0.15) is 0 Å². The third kappa shape index (κ3) is 4.27. The minimum absolute atomic E-state index is 0.146. The number of anilines is 3. The highest BCUT2D eigenvalue weighted by Crippen LogP contribution is 2.24. The monoisotopic (exact) mass is 466 g/mol. The highest BCUT2D eigenvalue weighted by atomic mass is 32.2. The topological polar surface area (TPSA) is 83.4 Å². The average Bonchev–Trinajstić information content (AvgIpc) is 3.24. The quantitative estimate of drug-likeness (QED) is 0.483. The lowest BCUT2D eigenvalue weighted by Gasteiger charge is -2.34. The molecule has 10 heteroatoms. The number of benzene rings is 2. The average molecular weight is 467 g/mol. The van der Waals surface area contributed by atoms with Gasteiger partial charge in [0.05, 0.1) is 4.90 Å². The molecule has 1 saturated heterocycles. The van der Waals surface area contributed by atoms with E-state index in [2.05, 4.69) is 32.1 Å². The molecule has 0 aliphatic carbocycles. The summed E-state index contributed by atoms with van der Waals surface area (Å²) in [4.78, 5) is 13.2. The molecule has 0 spiro atoms. The minimum atomic E-state index is -4.01. The predicted octanol–water partition coefficient (Wildman–Crippen LogP) is 3.30. The van der Waals surface area contributed by atoms with Crippen LogP contribution in [0.2, 0.25) is 0 Å². The second-order valence-electron chi connectivity index (χ2n) is 8.01. The number of piperazine rings is 1. The lowest BCUT2D eigenvalue weighted by Crippen LogP contribution is -2.44. The van der Waals surface area contributed by atoms with Gasteiger partial charge in [0.15, 0.2) is 5.65 Å². The van der Waals surface area contributed by atoms with E-state index in [1.165, 1.54) is 24.4 Å². The molecule has 2 aromatic heterocycles. The van der Waals surface area contributed by atoms with E-state index in [1.54, 1.807) is 12.3 Å². The Kier molecular flexibility index (Phi) is 5.47. The normalized spacial score (nSPS) is 15.2. The molecule has 1 aliphatic heterocycles. The SMILES string of the molecule is CN1CCN(c2ccc(Nc3ncc4ccn(S(=O)(=O)c5cccc(F)c5)c4n3)cc2)CC1. The van der Waals surface area contributed by atoms with E-state index in [4.69, 9.17) is 0 Å². The molecule has 0 atom stereocenters. The highest BCUT2D eigenvalue weighted by molar-refractivity contribution is 7.90. The molecule has 1 N–H and O–H groups in total. The second-order valence-corrected chi connectivity index (χ2v) is 9.82. The van der Waals surface area contributed by atoms with Crippen molar-refractivity contribution in [1.82, 2.24) is 18.8 Å². The third-order valence-electron chi connectivity index (χ3n) is 5.74. The van der Waals surface area contributed by atoms with Crippen molar-refractivity contribution in [2.45, 2.75) is 4.90 Å². The van der Waals surface area contributed by atoms with Crippen molar-refractivity contribution < 1.29 is 12.8 Å². The second kappa shape index (κ2) is 8.45. The largest absolute Gasteiger partial charge is 0.369 e. The number of fused-ring (bicyclic) bond motifs is 1. The first kappa shape index (κ1) is 21.4. The van der Waals surface area contributed by atoms with Gasteiger partial charge in [-0.15, -0.1) is 0 Å². The maximum absolute atomic E-state index is 13.6. The number of halogens is 1. The van der Waals surface area contributed by atoms with Gasteiger partial charge in [-0.2, -0.15) is 4.98 Å². The molecule has 3 heterocycles. The minimum Gasteiger partial charge on any atom is -0.369 e. The van der Waals surface area contributed by atoms with Gasteiger partial charge < -0.3 is 15.1 Å². The highest BCUT2D eigenvalue weighted by Gasteiger charge is 2.21. The maximum atomic E-state index is 13.6. The number of hydrogen-bond acceptors (Lipinski definition) is 7. The van der Waals surface area contributed by atoms with E-state index in [9.17, 15) is 12.8 Å². The molecule has 2 aromatic carbocycles. The fourth-order valence-electron chi connectivity index (χ4n) is 3.84. The summed E-state index contributed by atoms with van der Waals surface area (Å²) in [6, 6.07) is 14.5. The van der Waals surface area contributed by atoms with Crippen LogP contribution in [0.3, 0.4) is 0 Å². The fraction of sp³-hybridized carbons (Fsp3) is 0.217. The smallest absolute Gasteiger partial charge is 0.269 e. The molecule has 0 bridgehead atoms. The van der Waals surface area contributed by atoms with Crippen LogP contribution in [0.4, 0.5) is 21.7 Å². The van der Waals surface area contributed by atoms with Crippen LogP contribution >= 0.6 is 0 Å². The fourth-order valence-corrected chi connectivity index (χ4v) is 5.17. The van der Waals surface area contributed by atoms with Gasteiger partial charge in [0, 0.05) is 55.3 Å². The molecular weight excluding hydrogens is 443 g/mol.